The summed E-state index contributed by atoms with van der Waals surface area (Å²) in [7, 11) is -2.77. The van der Waals surface area contributed by atoms with Crippen LogP contribution in [-0.4, -0.2) is 11.5 Å². The molecule has 1 unspecified atom stereocenters. The van der Waals surface area contributed by atoms with Crippen LogP contribution in [0.5, 0.6) is 0 Å². The Hall–Kier alpha value is 0.180. The molecular weight excluding hydrogens is 150 g/mol. The average molecular weight is 157 g/mol. The average Bonchev–Trinajstić information content (AvgIpc) is 1.66. The van der Waals surface area contributed by atoms with Crippen LogP contribution in [0, 0.1) is 0 Å². The Balaban J connectivity index is 3.05. The largest absolute Gasteiger partial charge is 0.326 e. The molecule has 1 atom stereocenters. The van der Waals surface area contributed by atoms with Gasteiger partial charge in [-0.05, 0) is 6.08 Å². The molecule has 0 spiro atoms. The van der Waals surface area contributed by atoms with Crippen molar-refractivity contribution >= 4 is 19.9 Å². The molecule has 0 bridgehead atoms. The predicted molar refractivity (Wildman–Crippen MR) is 32.2 cm³/mol. The maximum atomic E-state index is 9.76. The summed E-state index contributed by atoms with van der Waals surface area (Å²) in [6.07, 6.45) is 1.43. The highest BCUT2D eigenvalue weighted by atomic mass is 35.5. The molecule has 0 radical (unpaired) electrons. The highest BCUT2D eigenvalue weighted by Gasteiger charge is 1.84. The molecule has 3 nitrogen and oxygen atoms in total. The smallest absolute Gasteiger partial charge is 0.316 e. The van der Waals surface area contributed by atoms with E-state index in [1.807, 2.05) is 0 Å². The quantitative estimate of drug-likeness (QED) is 0.624. The number of halogens is 1. The Morgan fingerprint density at radius 3 is 2.88 bits per heavy atom. The van der Waals surface area contributed by atoms with Crippen LogP contribution in [0.15, 0.2) is 11.6 Å². The SMILES string of the molecule is O=[PH](O)OCC=CCl. The molecule has 0 fully saturated rings. The van der Waals surface area contributed by atoms with Gasteiger partial charge in [-0.15, -0.1) is 0 Å². The van der Waals surface area contributed by atoms with Gasteiger partial charge in [-0.3, -0.25) is 4.57 Å². The van der Waals surface area contributed by atoms with Crippen LogP contribution in [0.3, 0.4) is 0 Å². The lowest BCUT2D eigenvalue weighted by Crippen LogP contribution is -1.76. The van der Waals surface area contributed by atoms with Gasteiger partial charge in [-0.1, -0.05) is 11.6 Å². The van der Waals surface area contributed by atoms with Crippen molar-refractivity contribution in [3.05, 3.63) is 11.6 Å². The van der Waals surface area contributed by atoms with E-state index in [2.05, 4.69) is 4.52 Å². The highest BCUT2D eigenvalue weighted by molar-refractivity contribution is 7.32. The third kappa shape index (κ3) is 6.18. The Morgan fingerprint density at radius 1 is 1.88 bits per heavy atom. The minimum Gasteiger partial charge on any atom is -0.326 e. The zero-order chi connectivity index (χ0) is 6.41. The number of rotatable bonds is 3. The van der Waals surface area contributed by atoms with Gasteiger partial charge in [0.2, 0.25) is 0 Å². The van der Waals surface area contributed by atoms with E-state index in [-0.39, 0.29) is 6.61 Å². The Morgan fingerprint density at radius 2 is 2.50 bits per heavy atom. The summed E-state index contributed by atoms with van der Waals surface area (Å²) in [6.45, 7) is 0.0950. The van der Waals surface area contributed by atoms with Crippen LogP contribution in [0.2, 0.25) is 0 Å². The molecule has 8 heavy (non-hydrogen) atoms. The summed E-state index contributed by atoms with van der Waals surface area (Å²) in [5, 5.41) is 0. The van der Waals surface area contributed by atoms with E-state index >= 15 is 0 Å². The highest BCUT2D eigenvalue weighted by Crippen LogP contribution is 2.13. The van der Waals surface area contributed by atoms with Crippen LogP contribution < -0.4 is 0 Å². The first-order valence-electron chi connectivity index (χ1n) is 1.88. The lowest BCUT2D eigenvalue weighted by Gasteiger charge is -1.89. The fourth-order valence-corrected chi connectivity index (χ4v) is 0.467. The summed E-state index contributed by atoms with van der Waals surface area (Å²) < 4.78 is 14.0. The summed E-state index contributed by atoms with van der Waals surface area (Å²) in [4.78, 5) is 8.03. The molecule has 0 heterocycles. The van der Waals surface area contributed by atoms with Crippen molar-refractivity contribution in [2.75, 3.05) is 6.61 Å². The molecule has 0 aromatic carbocycles. The van der Waals surface area contributed by atoms with Gasteiger partial charge < -0.3 is 9.42 Å². The molecule has 0 amide bonds. The number of hydrogen-bond donors (Lipinski definition) is 1. The lowest BCUT2D eigenvalue weighted by atomic mass is 10.7. The molecule has 0 rings (SSSR count). The molecule has 5 heteroatoms. The van der Waals surface area contributed by atoms with Crippen molar-refractivity contribution in [3.8, 4) is 0 Å². The zero-order valence-electron chi connectivity index (χ0n) is 4.00. The Bertz CT molecular complexity index is 103. The summed E-state index contributed by atoms with van der Waals surface area (Å²) in [5.74, 6) is 0. The fraction of sp³-hybridized carbons (Fsp3) is 0.333. The second kappa shape index (κ2) is 5.32. The first kappa shape index (κ1) is 8.18. The third-order valence-electron chi connectivity index (χ3n) is 0.392. The van der Waals surface area contributed by atoms with Crippen molar-refractivity contribution in [2.45, 2.75) is 0 Å². The monoisotopic (exact) mass is 156 g/mol. The van der Waals surface area contributed by atoms with Gasteiger partial charge in [-0.2, -0.15) is 0 Å². The Kier molecular flexibility index (Phi) is 5.44. The third-order valence-corrected chi connectivity index (χ3v) is 0.984. The molecule has 0 aromatic heterocycles. The standard InChI is InChI=1S/C3H6ClO3P/c4-2-1-3-7-8(5)6/h1-2,8H,3H2,(H,5,6). The van der Waals surface area contributed by atoms with Crippen LogP contribution >= 0.6 is 19.9 Å². The molecule has 1 N–H and O–H groups in total. The van der Waals surface area contributed by atoms with Crippen molar-refractivity contribution in [1.82, 2.24) is 0 Å². The van der Waals surface area contributed by atoms with E-state index in [1.165, 1.54) is 11.6 Å². The summed E-state index contributed by atoms with van der Waals surface area (Å²) in [6, 6.07) is 0. The summed E-state index contributed by atoms with van der Waals surface area (Å²) >= 11 is 5.05. The topological polar surface area (TPSA) is 46.5 Å². The maximum absolute atomic E-state index is 9.76. The van der Waals surface area contributed by atoms with Gasteiger partial charge in [0.15, 0.2) is 0 Å². The normalized spacial score (nSPS) is 14.8. The van der Waals surface area contributed by atoms with E-state index < -0.39 is 8.25 Å². The second-order valence-electron chi connectivity index (χ2n) is 0.939. The van der Waals surface area contributed by atoms with Crippen LogP contribution in [-0.2, 0) is 9.09 Å². The molecule has 0 aliphatic heterocycles. The maximum Gasteiger partial charge on any atom is 0.316 e. The van der Waals surface area contributed by atoms with E-state index in [4.69, 9.17) is 16.5 Å². The van der Waals surface area contributed by atoms with Crippen LogP contribution in [0.1, 0.15) is 0 Å². The van der Waals surface area contributed by atoms with Crippen molar-refractivity contribution in [2.24, 2.45) is 0 Å². The predicted octanol–water partition coefficient (Wildman–Crippen LogP) is 1.14. The molecule has 0 aliphatic carbocycles. The van der Waals surface area contributed by atoms with Crippen molar-refractivity contribution in [1.29, 1.82) is 0 Å². The summed E-state index contributed by atoms with van der Waals surface area (Å²) in [5.41, 5.74) is 1.23. The van der Waals surface area contributed by atoms with Gasteiger partial charge in [-0.25, -0.2) is 0 Å². The Labute approximate surface area is 52.9 Å². The van der Waals surface area contributed by atoms with Crippen molar-refractivity contribution < 1.29 is 14.0 Å². The van der Waals surface area contributed by atoms with Crippen LogP contribution in [0.25, 0.3) is 0 Å². The van der Waals surface area contributed by atoms with Crippen molar-refractivity contribution in [3.63, 3.8) is 0 Å². The number of hydrogen-bond acceptors (Lipinski definition) is 2. The molecule has 0 aliphatic rings. The van der Waals surface area contributed by atoms with Gasteiger partial charge in [0.25, 0.3) is 0 Å². The van der Waals surface area contributed by atoms with Gasteiger partial charge >= 0.3 is 8.25 Å². The minimum absolute atomic E-state index is 0.0950. The van der Waals surface area contributed by atoms with E-state index in [9.17, 15) is 4.57 Å². The molecule has 0 saturated heterocycles. The van der Waals surface area contributed by atoms with Crippen LogP contribution in [0.4, 0.5) is 0 Å². The zero-order valence-corrected chi connectivity index (χ0v) is 5.76. The second-order valence-corrected chi connectivity index (χ2v) is 2.01. The molecule has 0 saturated carbocycles. The molecular formula is C3H6ClO3P. The molecule has 48 valence electrons. The van der Waals surface area contributed by atoms with E-state index in [1.54, 1.807) is 0 Å². The van der Waals surface area contributed by atoms with E-state index in [0.717, 1.165) is 0 Å². The fourth-order valence-electron chi connectivity index (χ4n) is 0.156. The molecule has 0 aromatic rings. The van der Waals surface area contributed by atoms with Gasteiger partial charge in [0.05, 0.1) is 6.61 Å². The van der Waals surface area contributed by atoms with Gasteiger partial charge in [0, 0.05) is 5.54 Å². The first-order chi connectivity index (χ1) is 3.77. The lowest BCUT2D eigenvalue weighted by molar-refractivity contribution is 0.312. The first-order valence-corrected chi connectivity index (χ1v) is 3.58. The van der Waals surface area contributed by atoms with E-state index in [0.29, 0.717) is 0 Å². The van der Waals surface area contributed by atoms with Gasteiger partial charge in [0.1, 0.15) is 0 Å². The minimum atomic E-state index is -2.77.